The van der Waals surface area contributed by atoms with Crippen molar-refractivity contribution in [1.29, 1.82) is 0 Å². The first kappa shape index (κ1) is 20.5. The number of anilines is 1. The Bertz CT molecular complexity index is 966. The number of hydrogen-bond acceptors (Lipinski definition) is 4. The molecule has 0 saturated carbocycles. The lowest BCUT2D eigenvalue weighted by atomic mass is 10.2. The molecule has 0 bridgehead atoms. The van der Waals surface area contributed by atoms with Crippen LogP contribution in [-0.2, 0) is 21.4 Å². The maximum Gasteiger partial charge on any atom is 0.246 e. The number of halogens is 1. The van der Waals surface area contributed by atoms with Crippen LogP contribution in [0.15, 0.2) is 29.2 Å². The smallest absolute Gasteiger partial charge is 0.246 e. The van der Waals surface area contributed by atoms with Gasteiger partial charge in [0.05, 0.1) is 17.9 Å². The Kier molecular flexibility index (Phi) is 6.14. The highest BCUT2D eigenvalue weighted by molar-refractivity contribution is 7.89. The van der Waals surface area contributed by atoms with Crippen LogP contribution in [0.1, 0.15) is 37.1 Å². The number of nitrogens with one attached hydrogen (secondary N) is 1. The van der Waals surface area contributed by atoms with Gasteiger partial charge in [-0.25, -0.2) is 12.8 Å². The molecule has 3 rings (SSSR count). The van der Waals surface area contributed by atoms with E-state index < -0.39 is 15.8 Å². The molecule has 7 nitrogen and oxygen atoms in total. The Balaban J connectivity index is 1.70. The van der Waals surface area contributed by atoms with Crippen LogP contribution in [0.5, 0.6) is 0 Å². The second-order valence-corrected chi connectivity index (χ2v) is 8.87. The number of hydrogen-bond donors (Lipinski definition) is 1. The number of aromatic nitrogens is 2. The fourth-order valence-electron chi connectivity index (χ4n) is 3.50. The topological polar surface area (TPSA) is 84.3 Å². The number of sulfonamides is 1. The second kappa shape index (κ2) is 8.40. The molecule has 1 amide bonds. The van der Waals surface area contributed by atoms with Crippen molar-refractivity contribution in [2.24, 2.45) is 0 Å². The summed E-state index contributed by atoms with van der Waals surface area (Å²) in [6.07, 6.45) is 2.88. The summed E-state index contributed by atoms with van der Waals surface area (Å²) in [5, 5.41) is 6.96. The van der Waals surface area contributed by atoms with Crippen LogP contribution in [0.3, 0.4) is 0 Å². The lowest BCUT2D eigenvalue weighted by Gasteiger charge is -2.26. The predicted molar refractivity (Wildman–Crippen MR) is 104 cm³/mol. The maximum atomic E-state index is 13.2. The molecule has 1 fully saturated rings. The summed E-state index contributed by atoms with van der Waals surface area (Å²) in [5.41, 5.74) is 1.35. The number of rotatable bonds is 6. The van der Waals surface area contributed by atoms with E-state index in [-0.39, 0.29) is 23.8 Å². The monoisotopic (exact) mass is 408 g/mol. The van der Waals surface area contributed by atoms with Crippen LogP contribution in [0, 0.1) is 19.7 Å². The summed E-state index contributed by atoms with van der Waals surface area (Å²) < 4.78 is 42.3. The zero-order valence-corrected chi connectivity index (χ0v) is 16.9. The van der Waals surface area contributed by atoms with E-state index >= 15 is 0 Å². The zero-order valence-electron chi connectivity index (χ0n) is 16.1. The van der Waals surface area contributed by atoms with Crippen LogP contribution in [-0.4, -0.2) is 41.5 Å². The van der Waals surface area contributed by atoms with E-state index in [1.165, 1.54) is 22.5 Å². The van der Waals surface area contributed by atoms with Crippen LogP contribution < -0.4 is 5.32 Å². The zero-order chi connectivity index (χ0) is 20.3. The first-order valence-electron chi connectivity index (χ1n) is 9.38. The van der Waals surface area contributed by atoms with Crippen molar-refractivity contribution in [2.75, 3.05) is 18.4 Å². The van der Waals surface area contributed by atoms with Gasteiger partial charge in [-0.15, -0.1) is 0 Å². The molecule has 2 heterocycles. The average Bonchev–Trinajstić information content (AvgIpc) is 2.95. The SMILES string of the molecule is Cc1nn(CCC(=O)Nc2cccc(F)c2)c(C)c1S(=O)(=O)N1CCCCC1. The summed E-state index contributed by atoms with van der Waals surface area (Å²) in [6, 6.07) is 5.66. The van der Waals surface area contributed by atoms with Crippen molar-refractivity contribution >= 4 is 21.6 Å². The minimum Gasteiger partial charge on any atom is -0.326 e. The van der Waals surface area contributed by atoms with Crippen molar-refractivity contribution in [3.05, 3.63) is 41.5 Å². The normalized spacial score (nSPS) is 15.5. The molecule has 0 spiro atoms. The van der Waals surface area contributed by atoms with E-state index in [9.17, 15) is 17.6 Å². The van der Waals surface area contributed by atoms with Crippen molar-refractivity contribution < 1.29 is 17.6 Å². The maximum absolute atomic E-state index is 13.2. The van der Waals surface area contributed by atoms with Gasteiger partial charge in [-0.1, -0.05) is 12.5 Å². The van der Waals surface area contributed by atoms with Crippen LogP contribution in [0.2, 0.25) is 0 Å². The van der Waals surface area contributed by atoms with Crippen molar-refractivity contribution in [3.63, 3.8) is 0 Å². The van der Waals surface area contributed by atoms with Gasteiger partial charge in [0.2, 0.25) is 15.9 Å². The van der Waals surface area contributed by atoms with Crippen molar-refractivity contribution in [1.82, 2.24) is 14.1 Å². The first-order chi connectivity index (χ1) is 13.3. The minimum absolute atomic E-state index is 0.0989. The predicted octanol–water partition coefficient (Wildman–Crippen LogP) is 2.84. The molecule has 0 atom stereocenters. The van der Waals surface area contributed by atoms with E-state index in [0.717, 1.165) is 19.3 Å². The lowest BCUT2D eigenvalue weighted by Crippen LogP contribution is -2.36. The van der Waals surface area contributed by atoms with Crippen molar-refractivity contribution in [2.45, 2.75) is 51.0 Å². The molecule has 1 aliphatic rings. The highest BCUT2D eigenvalue weighted by Crippen LogP contribution is 2.26. The number of piperidine rings is 1. The van der Waals surface area contributed by atoms with Gasteiger partial charge in [0.1, 0.15) is 10.7 Å². The van der Waals surface area contributed by atoms with E-state index in [4.69, 9.17) is 0 Å². The largest absolute Gasteiger partial charge is 0.326 e. The van der Waals surface area contributed by atoms with Crippen LogP contribution in [0.25, 0.3) is 0 Å². The Labute approximate surface area is 164 Å². The van der Waals surface area contributed by atoms with E-state index in [0.29, 0.717) is 30.2 Å². The van der Waals surface area contributed by atoms with Gasteiger partial charge in [-0.2, -0.15) is 9.40 Å². The standard InChI is InChI=1S/C19H25FN4O3S/c1-14-19(28(26,27)23-10-4-3-5-11-23)15(2)24(22-14)12-9-18(25)21-17-8-6-7-16(20)13-17/h6-8,13H,3-5,9-12H2,1-2H3,(H,21,25). The molecule has 1 aromatic heterocycles. The molecule has 1 N–H and O–H groups in total. The molecule has 1 aliphatic heterocycles. The van der Waals surface area contributed by atoms with Crippen LogP contribution in [0.4, 0.5) is 10.1 Å². The summed E-state index contributed by atoms with van der Waals surface area (Å²) in [4.78, 5) is 12.4. The molecule has 2 aromatic rings. The Morgan fingerprint density at radius 1 is 1.21 bits per heavy atom. The number of amides is 1. The van der Waals surface area contributed by atoms with E-state index in [2.05, 4.69) is 10.4 Å². The van der Waals surface area contributed by atoms with Gasteiger partial charge >= 0.3 is 0 Å². The Morgan fingerprint density at radius 2 is 1.93 bits per heavy atom. The molecule has 0 unspecified atom stereocenters. The molecule has 1 aromatic carbocycles. The number of carbonyl (C=O) groups excluding carboxylic acids is 1. The summed E-state index contributed by atoms with van der Waals surface area (Å²) in [5.74, 6) is -0.720. The third kappa shape index (κ3) is 4.41. The van der Waals surface area contributed by atoms with Crippen molar-refractivity contribution in [3.8, 4) is 0 Å². The molecular formula is C19H25FN4O3S. The fourth-order valence-corrected chi connectivity index (χ4v) is 5.39. The van der Waals surface area contributed by atoms with Crippen LogP contribution >= 0.6 is 0 Å². The quantitative estimate of drug-likeness (QED) is 0.797. The van der Waals surface area contributed by atoms with Gasteiger partial charge in [-0.3, -0.25) is 9.48 Å². The Hall–Kier alpha value is -2.26. The molecule has 1 saturated heterocycles. The number of aryl methyl sites for hydroxylation is 2. The van der Waals surface area contributed by atoms with Gasteiger partial charge < -0.3 is 5.32 Å². The molecule has 9 heteroatoms. The van der Waals surface area contributed by atoms with E-state index in [1.54, 1.807) is 24.6 Å². The third-order valence-electron chi connectivity index (χ3n) is 4.89. The van der Waals surface area contributed by atoms with E-state index in [1.807, 2.05) is 0 Å². The molecule has 152 valence electrons. The van der Waals surface area contributed by atoms with Gasteiger partial charge in [-0.05, 0) is 44.9 Å². The fraction of sp³-hybridized carbons (Fsp3) is 0.474. The molecule has 28 heavy (non-hydrogen) atoms. The lowest BCUT2D eigenvalue weighted by molar-refractivity contribution is -0.116. The summed E-state index contributed by atoms with van der Waals surface area (Å²) >= 11 is 0. The highest BCUT2D eigenvalue weighted by Gasteiger charge is 2.31. The molecule has 0 radical (unpaired) electrons. The highest BCUT2D eigenvalue weighted by atomic mass is 32.2. The molecular weight excluding hydrogens is 383 g/mol. The Morgan fingerprint density at radius 3 is 2.61 bits per heavy atom. The molecule has 0 aliphatic carbocycles. The summed E-state index contributed by atoms with van der Waals surface area (Å²) in [7, 11) is -3.59. The number of nitrogens with zero attached hydrogens (tertiary/aromatic N) is 3. The average molecular weight is 408 g/mol. The second-order valence-electron chi connectivity index (χ2n) is 7.00. The van der Waals surface area contributed by atoms with Gasteiger partial charge in [0.25, 0.3) is 0 Å². The van der Waals surface area contributed by atoms with Gasteiger partial charge in [0, 0.05) is 25.2 Å². The number of benzene rings is 1. The van der Waals surface area contributed by atoms with Gasteiger partial charge in [0.15, 0.2) is 0 Å². The minimum atomic E-state index is -3.59. The first-order valence-corrected chi connectivity index (χ1v) is 10.8. The number of carbonyl (C=O) groups is 1. The third-order valence-corrected chi connectivity index (χ3v) is 7.04. The summed E-state index contributed by atoms with van der Waals surface area (Å²) in [6.45, 7) is 4.68.